The summed E-state index contributed by atoms with van der Waals surface area (Å²) in [6, 6.07) is 6.59. The Morgan fingerprint density at radius 2 is 2.26 bits per heavy atom. The van der Waals surface area contributed by atoms with Gasteiger partial charge in [0.25, 0.3) is 0 Å². The van der Waals surface area contributed by atoms with Gasteiger partial charge in [-0.25, -0.2) is 0 Å². The Kier molecular flexibility index (Phi) is 4.01. The molecule has 0 bridgehead atoms. The van der Waals surface area contributed by atoms with Crippen LogP contribution in [-0.2, 0) is 24.6 Å². The molecule has 23 heavy (non-hydrogen) atoms. The number of rotatable bonds is 4. The fourth-order valence-corrected chi connectivity index (χ4v) is 3.33. The SMILES string of the molecule is Cn1cnnc1C1CN(CCc2ccc3c(c2)CCO3)CCO1. The van der Waals surface area contributed by atoms with E-state index in [-0.39, 0.29) is 6.10 Å². The number of ether oxygens (including phenoxy) is 2. The number of benzene rings is 1. The lowest BCUT2D eigenvalue weighted by molar-refractivity contribution is -0.0352. The summed E-state index contributed by atoms with van der Waals surface area (Å²) >= 11 is 0. The summed E-state index contributed by atoms with van der Waals surface area (Å²) in [4.78, 5) is 2.45. The molecule has 0 aliphatic carbocycles. The van der Waals surface area contributed by atoms with Crippen LogP contribution in [0.3, 0.4) is 0 Å². The lowest BCUT2D eigenvalue weighted by Gasteiger charge is -2.32. The van der Waals surface area contributed by atoms with E-state index in [9.17, 15) is 0 Å². The molecule has 1 atom stereocenters. The monoisotopic (exact) mass is 314 g/mol. The zero-order valence-electron chi connectivity index (χ0n) is 13.4. The number of fused-ring (bicyclic) bond motifs is 1. The number of aryl methyl sites for hydroxylation is 1. The van der Waals surface area contributed by atoms with Crippen LogP contribution in [0, 0.1) is 0 Å². The normalized spacial score (nSPS) is 21.2. The Labute approximate surface area is 136 Å². The molecule has 0 spiro atoms. The highest BCUT2D eigenvalue weighted by molar-refractivity contribution is 5.39. The molecule has 1 aromatic heterocycles. The molecule has 2 aromatic rings. The van der Waals surface area contributed by atoms with Crippen LogP contribution in [0.2, 0.25) is 0 Å². The van der Waals surface area contributed by atoms with Crippen LogP contribution in [-0.4, -0.2) is 52.5 Å². The highest BCUT2D eigenvalue weighted by atomic mass is 16.5. The summed E-state index contributed by atoms with van der Waals surface area (Å²) in [6.07, 6.45) is 3.84. The Balaban J connectivity index is 1.36. The minimum absolute atomic E-state index is 0.0182. The Morgan fingerprint density at radius 3 is 3.13 bits per heavy atom. The van der Waals surface area contributed by atoms with Gasteiger partial charge in [0.2, 0.25) is 0 Å². The van der Waals surface area contributed by atoms with Gasteiger partial charge in [0.15, 0.2) is 5.82 Å². The van der Waals surface area contributed by atoms with Crippen molar-refractivity contribution >= 4 is 0 Å². The van der Waals surface area contributed by atoms with Gasteiger partial charge in [-0.1, -0.05) is 12.1 Å². The standard InChI is InChI=1S/C17H22N4O2/c1-20-12-18-19-17(20)16-11-21(7-9-23-16)6-4-13-2-3-15-14(10-13)5-8-22-15/h2-3,10,12,16H,4-9,11H2,1H3. The van der Waals surface area contributed by atoms with Crippen LogP contribution in [0.25, 0.3) is 0 Å². The molecule has 1 unspecified atom stereocenters. The minimum atomic E-state index is 0.0182. The van der Waals surface area contributed by atoms with Gasteiger partial charge in [-0.3, -0.25) is 4.90 Å². The molecule has 1 saturated heterocycles. The Bertz CT molecular complexity index is 685. The van der Waals surface area contributed by atoms with Crippen LogP contribution < -0.4 is 4.74 Å². The number of hydrogen-bond acceptors (Lipinski definition) is 5. The number of nitrogens with zero attached hydrogens (tertiary/aromatic N) is 4. The quantitative estimate of drug-likeness (QED) is 0.853. The fraction of sp³-hybridized carbons (Fsp3) is 0.529. The van der Waals surface area contributed by atoms with E-state index in [1.54, 1.807) is 6.33 Å². The lowest BCUT2D eigenvalue weighted by atomic mass is 10.1. The van der Waals surface area contributed by atoms with Crippen molar-refractivity contribution in [3.8, 4) is 5.75 Å². The topological polar surface area (TPSA) is 52.4 Å². The predicted molar refractivity (Wildman–Crippen MR) is 85.5 cm³/mol. The molecule has 2 aliphatic heterocycles. The molecule has 3 heterocycles. The number of aromatic nitrogens is 3. The van der Waals surface area contributed by atoms with E-state index < -0.39 is 0 Å². The maximum atomic E-state index is 5.86. The predicted octanol–water partition coefficient (Wildman–Crippen LogP) is 1.37. The maximum absolute atomic E-state index is 5.86. The molecular formula is C17H22N4O2. The van der Waals surface area contributed by atoms with Crippen molar-refractivity contribution in [3.05, 3.63) is 41.5 Å². The second-order valence-corrected chi connectivity index (χ2v) is 6.25. The molecule has 0 radical (unpaired) electrons. The van der Waals surface area contributed by atoms with Gasteiger partial charge in [0.1, 0.15) is 18.2 Å². The Morgan fingerprint density at radius 1 is 1.30 bits per heavy atom. The van der Waals surface area contributed by atoms with Crippen LogP contribution >= 0.6 is 0 Å². The molecule has 6 nitrogen and oxygen atoms in total. The molecule has 0 N–H and O–H groups in total. The highest BCUT2D eigenvalue weighted by Gasteiger charge is 2.25. The van der Waals surface area contributed by atoms with E-state index in [4.69, 9.17) is 9.47 Å². The molecule has 1 fully saturated rings. The smallest absolute Gasteiger partial charge is 0.163 e. The minimum Gasteiger partial charge on any atom is -0.493 e. The first-order valence-electron chi connectivity index (χ1n) is 8.22. The summed E-state index contributed by atoms with van der Waals surface area (Å²) in [5.41, 5.74) is 2.73. The maximum Gasteiger partial charge on any atom is 0.163 e. The van der Waals surface area contributed by atoms with E-state index in [0.717, 1.165) is 57.3 Å². The van der Waals surface area contributed by atoms with Crippen LogP contribution in [0.15, 0.2) is 24.5 Å². The molecule has 2 aliphatic rings. The van der Waals surface area contributed by atoms with E-state index in [2.05, 4.69) is 33.3 Å². The largest absolute Gasteiger partial charge is 0.493 e. The third-order valence-corrected chi connectivity index (χ3v) is 4.66. The number of morpholine rings is 1. The molecule has 0 saturated carbocycles. The molecule has 4 rings (SSSR count). The van der Waals surface area contributed by atoms with Crippen molar-refractivity contribution in [1.29, 1.82) is 0 Å². The van der Waals surface area contributed by atoms with Crippen molar-refractivity contribution in [3.63, 3.8) is 0 Å². The molecular weight excluding hydrogens is 292 g/mol. The summed E-state index contributed by atoms with van der Waals surface area (Å²) < 4.78 is 13.4. The van der Waals surface area contributed by atoms with E-state index in [1.165, 1.54) is 11.1 Å². The van der Waals surface area contributed by atoms with Crippen molar-refractivity contribution in [2.45, 2.75) is 18.9 Å². The van der Waals surface area contributed by atoms with Gasteiger partial charge in [0, 0.05) is 33.1 Å². The van der Waals surface area contributed by atoms with Crippen molar-refractivity contribution in [2.75, 3.05) is 32.8 Å². The molecule has 122 valence electrons. The van der Waals surface area contributed by atoms with Gasteiger partial charge in [-0.2, -0.15) is 0 Å². The van der Waals surface area contributed by atoms with Crippen LogP contribution in [0.4, 0.5) is 0 Å². The second kappa shape index (κ2) is 6.29. The van der Waals surface area contributed by atoms with Crippen LogP contribution in [0.5, 0.6) is 5.75 Å². The van der Waals surface area contributed by atoms with E-state index >= 15 is 0 Å². The van der Waals surface area contributed by atoms with E-state index in [1.807, 2.05) is 11.6 Å². The lowest BCUT2D eigenvalue weighted by Crippen LogP contribution is -2.40. The molecule has 6 heteroatoms. The number of hydrogen-bond donors (Lipinski definition) is 0. The molecule has 0 amide bonds. The van der Waals surface area contributed by atoms with Crippen molar-refractivity contribution in [2.24, 2.45) is 7.05 Å². The van der Waals surface area contributed by atoms with Crippen molar-refractivity contribution in [1.82, 2.24) is 19.7 Å². The average molecular weight is 314 g/mol. The van der Waals surface area contributed by atoms with Gasteiger partial charge >= 0.3 is 0 Å². The average Bonchev–Trinajstić information content (AvgIpc) is 3.21. The summed E-state index contributed by atoms with van der Waals surface area (Å²) in [5.74, 6) is 1.96. The Hall–Kier alpha value is -1.92. The van der Waals surface area contributed by atoms with Gasteiger partial charge < -0.3 is 14.0 Å². The third kappa shape index (κ3) is 3.09. The van der Waals surface area contributed by atoms with Gasteiger partial charge in [0.05, 0.1) is 13.2 Å². The summed E-state index contributed by atoms with van der Waals surface area (Å²) in [6.45, 7) is 4.46. The zero-order chi connectivity index (χ0) is 15.6. The molecule has 1 aromatic carbocycles. The third-order valence-electron chi connectivity index (χ3n) is 4.66. The summed E-state index contributed by atoms with van der Waals surface area (Å²) in [5, 5.41) is 8.13. The van der Waals surface area contributed by atoms with Gasteiger partial charge in [-0.15, -0.1) is 10.2 Å². The van der Waals surface area contributed by atoms with Gasteiger partial charge in [-0.05, 0) is 23.6 Å². The van der Waals surface area contributed by atoms with Crippen molar-refractivity contribution < 1.29 is 9.47 Å². The summed E-state index contributed by atoms with van der Waals surface area (Å²) in [7, 11) is 1.96. The highest BCUT2D eigenvalue weighted by Crippen LogP contribution is 2.26. The van der Waals surface area contributed by atoms with Crippen LogP contribution in [0.1, 0.15) is 23.1 Å². The van der Waals surface area contributed by atoms with E-state index in [0.29, 0.717) is 0 Å². The zero-order valence-corrected chi connectivity index (χ0v) is 13.4. The fourth-order valence-electron chi connectivity index (χ4n) is 3.33. The first-order valence-corrected chi connectivity index (χ1v) is 8.22. The first-order chi connectivity index (χ1) is 11.3. The second-order valence-electron chi connectivity index (χ2n) is 6.25. The first kappa shape index (κ1) is 14.7.